The first-order valence-electron chi connectivity index (χ1n) is 5.51. The van der Waals surface area contributed by atoms with E-state index < -0.39 is 0 Å². The minimum atomic E-state index is 0.0259. The first-order valence-corrected chi connectivity index (χ1v) is 5.51. The summed E-state index contributed by atoms with van der Waals surface area (Å²) in [6.07, 6.45) is 0.736. The second kappa shape index (κ2) is 4.16. The smallest absolute Gasteiger partial charge is 0.196 e. The van der Waals surface area contributed by atoms with Crippen molar-refractivity contribution in [3.05, 3.63) is 23.1 Å². The van der Waals surface area contributed by atoms with Crippen molar-refractivity contribution in [3.63, 3.8) is 0 Å². The van der Waals surface area contributed by atoms with Gasteiger partial charge < -0.3 is 4.74 Å². The minimum Gasteiger partial charge on any atom is -0.487 e. The van der Waals surface area contributed by atoms with E-state index in [1.807, 2.05) is 27.7 Å². The van der Waals surface area contributed by atoms with Crippen molar-refractivity contribution in [2.24, 2.45) is 0 Å². The molecule has 90 valence electrons. The largest absolute Gasteiger partial charge is 0.487 e. The average Bonchev–Trinajstić information content (AvgIpc) is 2.55. The van der Waals surface area contributed by atoms with Crippen LogP contribution in [0.3, 0.4) is 0 Å². The Kier molecular flexibility index (Phi) is 2.83. The molecule has 2 heterocycles. The van der Waals surface area contributed by atoms with Gasteiger partial charge in [0.1, 0.15) is 5.69 Å². The third-order valence-electron chi connectivity index (χ3n) is 2.51. The fourth-order valence-electron chi connectivity index (χ4n) is 1.62. The van der Waals surface area contributed by atoms with E-state index in [0.29, 0.717) is 23.4 Å². The molecule has 0 aliphatic carbocycles. The predicted molar refractivity (Wildman–Crippen MR) is 63.6 cm³/mol. The summed E-state index contributed by atoms with van der Waals surface area (Å²) in [6, 6.07) is 1.62. The van der Waals surface area contributed by atoms with Crippen LogP contribution < -0.4 is 4.74 Å². The summed E-state index contributed by atoms with van der Waals surface area (Å²) in [6.45, 7) is 7.68. The van der Waals surface area contributed by atoms with Crippen molar-refractivity contribution >= 4 is 11.9 Å². The summed E-state index contributed by atoms with van der Waals surface area (Å²) in [5, 5.41) is 4.19. The fourth-order valence-corrected chi connectivity index (χ4v) is 1.62. The van der Waals surface area contributed by atoms with Gasteiger partial charge in [0, 0.05) is 6.07 Å². The first kappa shape index (κ1) is 11.6. The molecule has 0 unspecified atom stereocenters. The molecule has 0 saturated carbocycles. The Morgan fingerprint density at radius 3 is 2.71 bits per heavy atom. The molecular formula is C12H15N3O2. The Bertz CT molecular complexity index is 573. The number of nitrogens with zero attached hydrogens (tertiary/aromatic N) is 3. The Balaban J connectivity index is 2.71. The molecule has 0 bridgehead atoms. The van der Waals surface area contributed by atoms with Crippen LogP contribution in [0.2, 0.25) is 0 Å². The Labute approximate surface area is 99.4 Å². The highest BCUT2D eigenvalue weighted by molar-refractivity contribution is 5.74. The van der Waals surface area contributed by atoms with Crippen molar-refractivity contribution in [2.45, 2.75) is 33.8 Å². The van der Waals surface area contributed by atoms with Crippen LogP contribution in [0.4, 0.5) is 0 Å². The Morgan fingerprint density at radius 1 is 1.41 bits per heavy atom. The molecule has 0 atom stereocenters. The first-order chi connectivity index (χ1) is 8.02. The summed E-state index contributed by atoms with van der Waals surface area (Å²) in [5.74, 6) is 0.591. The van der Waals surface area contributed by atoms with Gasteiger partial charge in [0.05, 0.1) is 17.5 Å². The van der Waals surface area contributed by atoms with Gasteiger partial charge in [0.2, 0.25) is 0 Å². The Morgan fingerprint density at radius 2 is 2.12 bits per heavy atom. The number of carbonyl (C=O) groups excluding carboxylic acids is 1. The van der Waals surface area contributed by atoms with Gasteiger partial charge in [0.15, 0.2) is 17.7 Å². The normalized spacial score (nSPS) is 11.1. The van der Waals surface area contributed by atoms with Gasteiger partial charge >= 0.3 is 0 Å². The molecule has 0 saturated heterocycles. The molecule has 2 aromatic rings. The average molecular weight is 233 g/mol. The zero-order chi connectivity index (χ0) is 12.6. The zero-order valence-corrected chi connectivity index (χ0v) is 10.4. The fraction of sp³-hybridized carbons (Fsp3) is 0.417. The molecule has 0 fully saturated rings. The molecule has 2 aromatic heterocycles. The number of rotatable bonds is 3. The number of aromatic nitrogens is 3. The minimum absolute atomic E-state index is 0.0259. The van der Waals surface area contributed by atoms with Gasteiger partial charge in [-0.1, -0.05) is 0 Å². The summed E-state index contributed by atoms with van der Waals surface area (Å²) in [5.41, 5.74) is 2.79. The van der Waals surface area contributed by atoms with Crippen LogP contribution in [0.15, 0.2) is 6.07 Å². The van der Waals surface area contributed by atoms with Gasteiger partial charge in [-0.3, -0.25) is 4.79 Å². The second-order valence-corrected chi connectivity index (χ2v) is 4.24. The molecule has 0 aliphatic rings. The Hall–Kier alpha value is -1.91. The van der Waals surface area contributed by atoms with E-state index in [-0.39, 0.29) is 6.10 Å². The van der Waals surface area contributed by atoms with Crippen LogP contribution in [0, 0.1) is 13.8 Å². The summed E-state index contributed by atoms with van der Waals surface area (Å²) in [7, 11) is 0. The highest BCUT2D eigenvalue weighted by Crippen LogP contribution is 2.22. The lowest BCUT2D eigenvalue weighted by atomic mass is 10.3. The summed E-state index contributed by atoms with van der Waals surface area (Å²) >= 11 is 0. The van der Waals surface area contributed by atoms with Crippen molar-refractivity contribution in [1.29, 1.82) is 0 Å². The number of fused-ring (bicyclic) bond motifs is 1. The molecule has 2 rings (SSSR count). The van der Waals surface area contributed by atoms with E-state index in [0.717, 1.165) is 11.4 Å². The van der Waals surface area contributed by atoms with Crippen LogP contribution in [0.5, 0.6) is 5.75 Å². The highest BCUT2D eigenvalue weighted by atomic mass is 16.5. The molecule has 0 radical (unpaired) electrons. The summed E-state index contributed by atoms with van der Waals surface area (Å²) in [4.78, 5) is 15.3. The molecular weight excluding hydrogens is 218 g/mol. The maximum Gasteiger partial charge on any atom is 0.196 e. The number of carbonyl (C=O) groups is 1. The van der Waals surface area contributed by atoms with E-state index >= 15 is 0 Å². The third-order valence-corrected chi connectivity index (χ3v) is 2.51. The SMILES string of the molecule is Cc1nc2c(OC(C)C)cc(C=O)nn2c1C. The number of hydrogen-bond acceptors (Lipinski definition) is 4. The van der Waals surface area contributed by atoms with Crippen LogP contribution >= 0.6 is 0 Å². The molecule has 0 aromatic carbocycles. The monoisotopic (exact) mass is 233 g/mol. The molecule has 17 heavy (non-hydrogen) atoms. The van der Waals surface area contributed by atoms with E-state index in [1.54, 1.807) is 10.6 Å². The summed E-state index contributed by atoms with van der Waals surface area (Å²) < 4.78 is 7.31. The predicted octanol–water partition coefficient (Wildman–Crippen LogP) is 1.95. The number of aryl methyl sites for hydroxylation is 2. The number of hydrogen-bond donors (Lipinski definition) is 0. The quantitative estimate of drug-likeness (QED) is 0.760. The molecule has 0 amide bonds. The number of imidazole rings is 1. The van der Waals surface area contributed by atoms with Crippen LogP contribution in [-0.2, 0) is 0 Å². The van der Waals surface area contributed by atoms with Gasteiger partial charge in [-0.05, 0) is 27.7 Å². The van der Waals surface area contributed by atoms with Gasteiger partial charge in [-0.25, -0.2) is 9.50 Å². The second-order valence-electron chi connectivity index (χ2n) is 4.24. The molecule has 0 aliphatic heterocycles. The van der Waals surface area contributed by atoms with Crippen LogP contribution in [0.25, 0.3) is 5.65 Å². The van der Waals surface area contributed by atoms with Crippen LogP contribution in [-0.4, -0.2) is 27.0 Å². The number of ether oxygens (including phenoxy) is 1. The standard InChI is InChI=1S/C12H15N3O2/c1-7(2)17-11-5-10(6-16)14-15-9(4)8(3)13-12(11)15/h5-7H,1-4H3. The van der Waals surface area contributed by atoms with Crippen molar-refractivity contribution in [2.75, 3.05) is 0 Å². The maximum absolute atomic E-state index is 10.9. The lowest BCUT2D eigenvalue weighted by Gasteiger charge is -2.10. The molecule has 0 N–H and O–H groups in total. The van der Waals surface area contributed by atoms with Crippen molar-refractivity contribution in [3.8, 4) is 5.75 Å². The van der Waals surface area contributed by atoms with E-state index in [4.69, 9.17) is 4.74 Å². The van der Waals surface area contributed by atoms with Gasteiger partial charge in [0.25, 0.3) is 0 Å². The van der Waals surface area contributed by atoms with E-state index in [9.17, 15) is 4.79 Å². The number of aldehydes is 1. The van der Waals surface area contributed by atoms with Gasteiger partial charge in [-0.15, -0.1) is 0 Å². The van der Waals surface area contributed by atoms with E-state index in [1.165, 1.54) is 0 Å². The lowest BCUT2D eigenvalue weighted by Crippen LogP contribution is -2.09. The molecule has 5 heteroatoms. The topological polar surface area (TPSA) is 56.5 Å². The molecule has 0 spiro atoms. The van der Waals surface area contributed by atoms with Gasteiger partial charge in [-0.2, -0.15) is 5.10 Å². The molecule has 5 nitrogen and oxygen atoms in total. The maximum atomic E-state index is 10.9. The van der Waals surface area contributed by atoms with Crippen molar-refractivity contribution in [1.82, 2.24) is 14.6 Å². The lowest BCUT2D eigenvalue weighted by molar-refractivity contribution is 0.111. The van der Waals surface area contributed by atoms with Crippen molar-refractivity contribution < 1.29 is 9.53 Å². The highest BCUT2D eigenvalue weighted by Gasteiger charge is 2.13. The van der Waals surface area contributed by atoms with Crippen LogP contribution in [0.1, 0.15) is 35.7 Å². The van der Waals surface area contributed by atoms with E-state index in [2.05, 4.69) is 10.1 Å². The zero-order valence-electron chi connectivity index (χ0n) is 10.4. The third kappa shape index (κ3) is 2.00.